The van der Waals surface area contributed by atoms with Gasteiger partial charge in [-0.25, -0.2) is 9.59 Å². The second kappa shape index (κ2) is 8.91. The Morgan fingerprint density at radius 1 is 1.54 bits per heavy atom. The fourth-order valence-electron chi connectivity index (χ4n) is 2.13. The SMILES string of the molecule is [2H][C@]1(O)C(O)[C@H](n2ccc(NO)nc2=O)O[C@@H]1COCOC(=O)OC(C)C. The van der Waals surface area contributed by atoms with E-state index in [0.717, 1.165) is 10.8 Å². The minimum Gasteiger partial charge on any atom is -0.432 e. The van der Waals surface area contributed by atoms with E-state index in [1.807, 2.05) is 0 Å². The van der Waals surface area contributed by atoms with Crippen LogP contribution in [0.25, 0.3) is 0 Å². The fraction of sp³-hybridized carbons (Fsp3) is 0.643. The van der Waals surface area contributed by atoms with Gasteiger partial charge in [-0.2, -0.15) is 4.98 Å². The molecule has 1 aliphatic heterocycles. The summed E-state index contributed by atoms with van der Waals surface area (Å²) in [6, 6.07) is 1.22. The molecule has 0 amide bonds. The van der Waals surface area contributed by atoms with Gasteiger partial charge in [-0.05, 0) is 19.9 Å². The number of aliphatic hydroxyl groups is 2. The van der Waals surface area contributed by atoms with Gasteiger partial charge in [0, 0.05) is 6.20 Å². The zero-order valence-corrected chi connectivity index (χ0v) is 14.1. The molecule has 1 saturated heterocycles. The highest BCUT2D eigenvalue weighted by atomic mass is 16.8. The first-order valence-corrected chi connectivity index (χ1v) is 7.63. The smallest absolute Gasteiger partial charge is 0.432 e. The third kappa shape index (κ3) is 4.89. The summed E-state index contributed by atoms with van der Waals surface area (Å²) >= 11 is 0. The lowest BCUT2D eigenvalue weighted by molar-refractivity contribution is -0.105. The molecule has 0 spiro atoms. The molecule has 2 heterocycles. The van der Waals surface area contributed by atoms with E-state index in [-0.39, 0.29) is 11.9 Å². The Balaban J connectivity index is 1.97. The number of nitrogens with one attached hydrogen (secondary N) is 1. The van der Waals surface area contributed by atoms with Crippen molar-refractivity contribution in [1.82, 2.24) is 9.55 Å². The van der Waals surface area contributed by atoms with Crippen molar-refractivity contribution in [3.63, 3.8) is 0 Å². The molecular formula is C14H21N3O9. The molecule has 0 aliphatic carbocycles. The van der Waals surface area contributed by atoms with E-state index >= 15 is 0 Å². The second-order valence-electron chi connectivity index (χ2n) is 5.55. The summed E-state index contributed by atoms with van der Waals surface area (Å²) in [4.78, 5) is 26.6. The van der Waals surface area contributed by atoms with Crippen LogP contribution in [0.3, 0.4) is 0 Å². The van der Waals surface area contributed by atoms with Crippen LogP contribution in [0.1, 0.15) is 21.4 Å². The van der Waals surface area contributed by atoms with Crippen LogP contribution in [-0.4, -0.2) is 68.9 Å². The van der Waals surface area contributed by atoms with Crippen LogP contribution in [0.5, 0.6) is 0 Å². The van der Waals surface area contributed by atoms with E-state index in [1.165, 1.54) is 6.07 Å². The molecule has 146 valence electrons. The molecule has 2 rings (SSSR count). The number of rotatable bonds is 7. The van der Waals surface area contributed by atoms with Crippen LogP contribution in [0, 0.1) is 0 Å². The number of hydrogen-bond acceptors (Lipinski definition) is 11. The molecule has 26 heavy (non-hydrogen) atoms. The van der Waals surface area contributed by atoms with Crippen LogP contribution in [0.4, 0.5) is 10.6 Å². The Kier molecular flexibility index (Phi) is 6.35. The number of aromatic nitrogens is 2. The number of anilines is 1. The molecule has 0 saturated carbocycles. The summed E-state index contributed by atoms with van der Waals surface area (Å²) in [5, 5.41) is 29.1. The predicted molar refractivity (Wildman–Crippen MR) is 83.4 cm³/mol. The molecule has 1 aliphatic rings. The van der Waals surface area contributed by atoms with Crippen molar-refractivity contribution in [2.24, 2.45) is 0 Å². The largest absolute Gasteiger partial charge is 0.510 e. The molecule has 1 fully saturated rings. The van der Waals surface area contributed by atoms with E-state index < -0.39 is 49.8 Å². The maximum atomic E-state index is 11.9. The first-order valence-electron chi connectivity index (χ1n) is 8.13. The van der Waals surface area contributed by atoms with Gasteiger partial charge in [0.2, 0.25) is 0 Å². The lowest BCUT2D eigenvalue weighted by atomic mass is 10.1. The maximum Gasteiger partial charge on any atom is 0.510 e. The summed E-state index contributed by atoms with van der Waals surface area (Å²) in [6.07, 6.45) is -7.24. The first-order chi connectivity index (χ1) is 12.7. The van der Waals surface area contributed by atoms with Gasteiger partial charge in [-0.1, -0.05) is 0 Å². The Morgan fingerprint density at radius 3 is 2.88 bits per heavy atom. The Hall–Kier alpha value is -2.25. The predicted octanol–water partition coefficient (Wildman–Crippen LogP) is -0.801. The van der Waals surface area contributed by atoms with E-state index in [0.29, 0.717) is 0 Å². The van der Waals surface area contributed by atoms with Crippen molar-refractivity contribution < 1.29 is 40.5 Å². The molecule has 4 atom stereocenters. The van der Waals surface area contributed by atoms with Crippen molar-refractivity contribution in [1.29, 1.82) is 0 Å². The summed E-state index contributed by atoms with van der Waals surface area (Å²) in [5.41, 5.74) is 0.798. The normalized spacial score (nSPS) is 28.7. The Labute approximate surface area is 149 Å². The van der Waals surface area contributed by atoms with E-state index in [9.17, 15) is 19.8 Å². The standard InChI is InChI=1S/C14H21N3O9/c1-7(2)25-14(21)24-6-23-5-8-10(18)11(19)12(26-8)17-4-3-9(16-22)15-13(17)20/h3-4,7-8,10-12,18-19,22H,5-6H2,1-2H3,(H,15,16,20)/t8-,10-,11?,12-/m1/s1/i10D. The van der Waals surface area contributed by atoms with Crippen molar-refractivity contribution in [2.45, 2.75) is 44.5 Å². The molecule has 1 aromatic rings. The summed E-state index contributed by atoms with van der Waals surface area (Å²) in [6.45, 7) is 2.33. The van der Waals surface area contributed by atoms with Gasteiger partial charge in [0.05, 0.1) is 14.1 Å². The monoisotopic (exact) mass is 376 g/mol. The van der Waals surface area contributed by atoms with Crippen LogP contribution >= 0.6 is 0 Å². The second-order valence-corrected chi connectivity index (χ2v) is 5.55. The molecule has 12 nitrogen and oxygen atoms in total. The zero-order chi connectivity index (χ0) is 20.2. The van der Waals surface area contributed by atoms with Crippen LogP contribution < -0.4 is 11.2 Å². The summed E-state index contributed by atoms with van der Waals surface area (Å²) in [7, 11) is 0. The lowest BCUT2D eigenvalue weighted by Crippen LogP contribution is -2.36. The fourth-order valence-corrected chi connectivity index (χ4v) is 2.13. The summed E-state index contributed by atoms with van der Waals surface area (Å²) in [5.74, 6) is -0.129. The average Bonchev–Trinajstić information content (AvgIpc) is 2.81. The highest BCUT2D eigenvalue weighted by Crippen LogP contribution is 2.28. The van der Waals surface area contributed by atoms with Crippen molar-refractivity contribution in [2.75, 3.05) is 18.9 Å². The number of carbonyl (C=O) groups excluding carboxylic acids is 1. The number of carbonyl (C=O) groups is 1. The van der Waals surface area contributed by atoms with Crippen molar-refractivity contribution in [3.05, 3.63) is 22.7 Å². The van der Waals surface area contributed by atoms with Gasteiger partial charge in [-0.15, -0.1) is 0 Å². The van der Waals surface area contributed by atoms with Gasteiger partial charge in [0.1, 0.15) is 18.3 Å². The highest BCUT2D eigenvalue weighted by Gasteiger charge is 2.44. The van der Waals surface area contributed by atoms with Gasteiger partial charge >= 0.3 is 11.8 Å². The molecule has 1 aromatic heterocycles. The van der Waals surface area contributed by atoms with Gasteiger partial charge in [-0.3, -0.25) is 15.3 Å². The number of ether oxygens (including phenoxy) is 4. The van der Waals surface area contributed by atoms with Gasteiger partial charge in [0.25, 0.3) is 0 Å². The Bertz CT molecular complexity index is 711. The number of aliphatic hydroxyl groups excluding tert-OH is 1. The molecule has 12 heteroatoms. The summed E-state index contributed by atoms with van der Waals surface area (Å²) < 4.78 is 28.4. The number of nitrogens with zero attached hydrogens (tertiary/aromatic N) is 2. The average molecular weight is 376 g/mol. The molecule has 0 aromatic carbocycles. The van der Waals surface area contributed by atoms with Crippen LogP contribution in [0.2, 0.25) is 0 Å². The van der Waals surface area contributed by atoms with Crippen LogP contribution in [0.15, 0.2) is 17.1 Å². The topological polar surface area (TPSA) is 162 Å². The third-order valence-electron chi connectivity index (χ3n) is 3.29. The molecular weight excluding hydrogens is 354 g/mol. The number of hydrogen-bond donors (Lipinski definition) is 4. The Morgan fingerprint density at radius 2 is 2.27 bits per heavy atom. The van der Waals surface area contributed by atoms with Crippen LogP contribution in [-0.2, 0) is 18.9 Å². The van der Waals surface area contributed by atoms with Gasteiger partial charge in [0.15, 0.2) is 18.8 Å². The van der Waals surface area contributed by atoms with E-state index in [1.54, 1.807) is 19.3 Å². The maximum absolute atomic E-state index is 11.9. The molecule has 0 radical (unpaired) electrons. The lowest BCUT2D eigenvalue weighted by Gasteiger charge is -2.17. The molecule has 0 bridgehead atoms. The minimum atomic E-state index is -2.50. The zero-order valence-electron chi connectivity index (χ0n) is 15.1. The third-order valence-corrected chi connectivity index (χ3v) is 3.29. The van der Waals surface area contributed by atoms with E-state index in [4.69, 9.17) is 20.8 Å². The highest BCUT2D eigenvalue weighted by molar-refractivity contribution is 5.59. The minimum absolute atomic E-state index is 0.129. The van der Waals surface area contributed by atoms with Gasteiger partial charge < -0.3 is 29.2 Å². The van der Waals surface area contributed by atoms with Crippen molar-refractivity contribution >= 4 is 12.0 Å². The molecule has 4 N–H and O–H groups in total. The quantitative estimate of drug-likeness (QED) is 0.204. The first kappa shape index (κ1) is 18.5. The van der Waals surface area contributed by atoms with E-state index in [2.05, 4.69) is 9.72 Å². The molecule has 1 unspecified atom stereocenters. The van der Waals surface area contributed by atoms with Crippen molar-refractivity contribution in [3.8, 4) is 0 Å².